The molecule has 0 spiro atoms. The highest BCUT2D eigenvalue weighted by Crippen LogP contribution is 2.23. The van der Waals surface area contributed by atoms with Gasteiger partial charge in [0.2, 0.25) is 5.91 Å². The van der Waals surface area contributed by atoms with Gasteiger partial charge in [0, 0.05) is 25.0 Å². The Hall–Kier alpha value is -1.08. The van der Waals surface area contributed by atoms with E-state index in [0.717, 1.165) is 25.7 Å². The number of nitrogens with one attached hydrogen (secondary N) is 2. The first-order valence-corrected chi connectivity index (χ1v) is 7.09. The topological polar surface area (TPSA) is 64.9 Å². The fraction of sp³-hybridized carbons (Fsp3) is 0.857. The van der Waals surface area contributed by atoms with Crippen molar-refractivity contribution >= 4 is 5.91 Å². The number of hydrogen-bond acceptors (Lipinski definition) is 3. The molecule has 4 nitrogen and oxygen atoms in total. The van der Waals surface area contributed by atoms with Crippen molar-refractivity contribution in [1.29, 1.82) is 5.26 Å². The average Bonchev–Trinajstić information content (AvgIpc) is 2.39. The van der Waals surface area contributed by atoms with E-state index >= 15 is 0 Å². The van der Waals surface area contributed by atoms with Gasteiger partial charge in [-0.05, 0) is 26.2 Å². The Bertz CT molecular complexity index is 298. The first-order chi connectivity index (χ1) is 8.67. The highest BCUT2D eigenvalue weighted by Gasteiger charge is 2.24. The molecule has 2 N–H and O–H groups in total. The van der Waals surface area contributed by atoms with E-state index in [1.807, 2.05) is 6.92 Å². The van der Waals surface area contributed by atoms with Crippen LogP contribution < -0.4 is 10.6 Å². The van der Waals surface area contributed by atoms with Gasteiger partial charge in [-0.15, -0.1) is 0 Å². The fourth-order valence-corrected chi connectivity index (χ4v) is 2.35. The van der Waals surface area contributed by atoms with Gasteiger partial charge in [0.15, 0.2) is 0 Å². The molecule has 18 heavy (non-hydrogen) atoms. The van der Waals surface area contributed by atoms with Crippen molar-refractivity contribution in [3.05, 3.63) is 0 Å². The standard InChI is InChI=1S/C14H25N3O/c1-3-11(2)17-14(18)8-9-16-13-7-5-4-6-12(13)10-15/h11-13,16H,3-9H2,1-2H3,(H,17,18). The van der Waals surface area contributed by atoms with Gasteiger partial charge in [-0.25, -0.2) is 0 Å². The Labute approximate surface area is 110 Å². The third-order valence-corrected chi connectivity index (χ3v) is 3.71. The third kappa shape index (κ3) is 5.05. The number of hydrogen-bond donors (Lipinski definition) is 2. The number of nitriles is 1. The van der Waals surface area contributed by atoms with E-state index in [1.54, 1.807) is 0 Å². The highest BCUT2D eigenvalue weighted by molar-refractivity contribution is 5.76. The Morgan fingerprint density at radius 1 is 1.44 bits per heavy atom. The minimum atomic E-state index is 0.0983. The molecule has 0 bridgehead atoms. The van der Waals surface area contributed by atoms with Gasteiger partial charge in [0.05, 0.1) is 12.0 Å². The Morgan fingerprint density at radius 3 is 2.83 bits per heavy atom. The maximum absolute atomic E-state index is 11.6. The van der Waals surface area contributed by atoms with Crippen molar-refractivity contribution in [2.24, 2.45) is 5.92 Å². The van der Waals surface area contributed by atoms with Gasteiger partial charge in [-0.3, -0.25) is 4.79 Å². The lowest BCUT2D eigenvalue weighted by Crippen LogP contribution is -2.40. The SMILES string of the molecule is CCC(C)NC(=O)CCNC1CCCCC1C#N. The lowest BCUT2D eigenvalue weighted by atomic mass is 9.85. The van der Waals surface area contributed by atoms with Crippen molar-refractivity contribution in [2.75, 3.05) is 6.54 Å². The van der Waals surface area contributed by atoms with Gasteiger partial charge in [0.25, 0.3) is 0 Å². The van der Waals surface area contributed by atoms with Crippen LogP contribution in [-0.2, 0) is 4.79 Å². The van der Waals surface area contributed by atoms with E-state index in [2.05, 4.69) is 23.6 Å². The molecule has 0 heterocycles. The molecule has 3 atom stereocenters. The van der Waals surface area contributed by atoms with E-state index in [-0.39, 0.29) is 23.9 Å². The van der Waals surface area contributed by atoms with Crippen LogP contribution in [0.3, 0.4) is 0 Å². The molecule has 1 amide bonds. The number of carbonyl (C=O) groups is 1. The molecular weight excluding hydrogens is 226 g/mol. The third-order valence-electron chi connectivity index (χ3n) is 3.71. The van der Waals surface area contributed by atoms with E-state index < -0.39 is 0 Å². The molecule has 4 heteroatoms. The zero-order valence-corrected chi connectivity index (χ0v) is 11.5. The van der Waals surface area contributed by atoms with Crippen LogP contribution in [0.1, 0.15) is 52.4 Å². The molecule has 0 aromatic heterocycles. The largest absolute Gasteiger partial charge is 0.354 e. The maximum Gasteiger partial charge on any atom is 0.221 e. The fourth-order valence-electron chi connectivity index (χ4n) is 2.35. The monoisotopic (exact) mass is 251 g/mol. The van der Waals surface area contributed by atoms with E-state index in [1.165, 1.54) is 6.42 Å². The van der Waals surface area contributed by atoms with E-state index in [9.17, 15) is 4.79 Å². The molecule has 0 radical (unpaired) electrons. The summed E-state index contributed by atoms with van der Waals surface area (Å²) in [5.41, 5.74) is 0. The lowest BCUT2D eigenvalue weighted by molar-refractivity contribution is -0.121. The molecule has 1 aliphatic carbocycles. The Morgan fingerprint density at radius 2 is 2.17 bits per heavy atom. The molecule has 1 fully saturated rings. The summed E-state index contributed by atoms with van der Waals surface area (Å²) in [6.45, 7) is 4.74. The predicted molar refractivity (Wildman–Crippen MR) is 71.9 cm³/mol. The van der Waals surface area contributed by atoms with Crippen LogP contribution in [0.4, 0.5) is 0 Å². The molecule has 0 aromatic carbocycles. The molecule has 102 valence electrons. The van der Waals surface area contributed by atoms with Crippen molar-refractivity contribution in [2.45, 2.75) is 64.5 Å². The van der Waals surface area contributed by atoms with E-state index in [0.29, 0.717) is 13.0 Å². The van der Waals surface area contributed by atoms with Gasteiger partial charge in [-0.2, -0.15) is 5.26 Å². The molecular formula is C14H25N3O. The second-order valence-electron chi connectivity index (χ2n) is 5.21. The molecule has 3 unspecified atom stereocenters. The van der Waals surface area contributed by atoms with Crippen LogP contribution in [0.25, 0.3) is 0 Å². The summed E-state index contributed by atoms with van der Waals surface area (Å²) in [6, 6.07) is 2.90. The van der Waals surface area contributed by atoms with Gasteiger partial charge in [0.1, 0.15) is 0 Å². The summed E-state index contributed by atoms with van der Waals surface area (Å²) in [4.78, 5) is 11.6. The zero-order valence-electron chi connectivity index (χ0n) is 11.5. The minimum Gasteiger partial charge on any atom is -0.354 e. The second-order valence-corrected chi connectivity index (χ2v) is 5.21. The smallest absolute Gasteiger partial charge is 0.221 e. The van der Waals surface area contributed by atoms with Gasteiger partial charge in [-0.1, -0.05) is 19.8 Å². The molecule has 0 aliphatic heterocycles. The average molecular weight is 251 g/mol. The van der Waals surface area contributed by atoms with Crippen molar-refractivity contribution < 1.29 is 4.79 Å². The second kappa shape index (κ2) is 8.10. The summed E-state index contributed by atoms with van der Waals surface area (Å²) in [5, 5.41) is 15.4. The molecule has 1 saturated carbocycles. The highest BCUT2D eigenvalue weighted by atomic mass is 16.1. The van der Waals surface area contributed by atoms with Crippen LogP contribution >= 0.6 is 0 Å². The summed E-state index contributed by atoms with van der Waals surface area (Å²) >= 11 is 0. The Balaban J connectivity index is 2.20. The summed E-state index contributed by atoms with van der Waals surface area (Å²) in [7, 11) is 0. The van der Waals surface area contributed by atoms with Crippen LogP contribution in [0.15, 0.2) is 0 Å². The zero-order chi connectivity index (χ0) is 13.4. The van der Waals surface area contributed by atoms with Crippen LogP contribution in [0.5, 0.6) is 0 Å². The minimum absolute atomic E-state index is 0.0983. The number of nitrogens with zero attached hydrogens (tertiary/aromatic N) is 1. The normalized spacial score (nSPS) is 25.2. The van der Waals surface area contributed by atoms with Gasteiger partial charge < -0.3 is 10.6 Å². The number of amides is 1. The summed E-state index contributed by atoms with van der Waals surface area (Å²) in [5.74, 6) is 0.220. The first-order valence-electron chi connectivity index (χ1n) is 7.09. The van der Waals surface area contributed by atoms with Crippen molar-refractivity contribution in [3.8, 4) is 6.07 Å². The van der Waals surface area contributed by atoms with Crippen LogP contribution in [0.2, 0.25) is 0 Å². The van der Waals surface area contributed by atoms with Crippen LogP contribution in [0, 0.1) is 17.2 Å². The van der Waals surface area contributed by atoms with Crippen LogP contribution in [-0.4, -0.2) is 24.5 Å². The first kappa shape index (κ1) is 15.0. The summed E-state index contributed by atoms with van der Waals surface area (Å²) < 4.78 is 0. The van der Waals surface area contributed by atoms with Crippen molar-refractivity contribution in [1.82, 2.24) is 10.6 Å². The number of carbonyl (C=O) groups excluding carboxylic acids is 1. The van der Waals surface area contributed by atoms with E-state index in [4.69, 9.17) is 5.26 Å². The summed E-state index contributed by atoms with van der Waals surface area (Å²) in [6.07, 6.45) is 5.86. The maximum atomic E-state index is 11.6. The quantitative estimate of drug-likeness (QED) is 0.758. The predicted octanol–water partition coefficient (Wildman–Crippen LogP) is 1.96. The molecule has 0 saturated heterocycles. The Kier molecular flexibility index (Phi) is 6.74. The molecule has 0 aromatic rings. The molecule has 1 rings (SSSR count). The molecule has 1 aliphatic rings. The number of rotatable bonds is 6. The lowest BCUT2D eigenvalue weighted by Gasteiger charge is -2.27. The van der Waals surface area contributed by atoms with Gasteiger partial charge >= 0.3 is 0 Å². The van der Waals surface area contributed by atoms with Crippen molar-refractivity contribution in [3.63, 3.8) is 0 Å².